The molecule has 1 aliphatic rings. The van der Waals surface area contributed by atoms with Crippen molar-refractivity contribution < 1.29 is 36.2 Å². The van der Waals surface area contributed by atoms with Crippen LogP contribution >= 0.6 is 30.6 Å². The van der Waals surface area contributed by atoms with Gasteiger partial charge in [0.2, 0.25) is 0 Å². The normalized spacial score (nSPS) is 24.1. The number of hydrogen-bond donors (Lipinski definition) is 0. The lowest BCUT2D eigenvalue weighted by Gasteiger charge is -2.33. The van der Waals surface area contributed by atoms with Gasteiger partial charge in [-0.1, -0.05) is 100 Å². The van der Waals surface area contributed by atoms with E-state index in [4.69, 9.17) is 54.3 Å². The minimum atomic E-state index is -3.89. The van der Waals surface area contributed by atoms with Gasteiger partial charge in [-0.3, -0.25) is 18.1 Å². The molecule has 0 bridgehead atoms. The Morgan fingerprint density at radius 3 is 0.692 bits per heavy atom. The van der Waals surface area contributed by atoms with E-state index in [0.717, 1.165) is 0 Å². The second kappa shape index (κ2) is 19.8. The van der Waals surface area contributed by atoms with Gasteiger partial charge in [-0.15, -0.1) is 18.1 Å². The van der Waals surface area contributed by atoms with Gasteiger partial charge in [-0.25, -0.2) is 0 Å². The standard InChI is InChI=1S/C36H48N4O8P4/c1-5-29-41-49(45-33-21-13-9-14-22-33)37-50(42-30-6-2,46-34-23-15-10-16-24-34)39-52(44-32-8-4,48-36-27-19-12-20-28-36)40-51(38-49,43-31-7-3)47-35-25-17-11-18-26-35/h9-28H,5-8,29-32H2,1-4H3. The van der Waals surface area contributed by atoms with Crippen molar-refractivity contribution in [2.75, 3.05) is 26.4 Å². The topological polar surface area (TPSA) is 123 Å². The van der Waals surface area contributed by atoms with Gasteiger partial charge in [0.05, 0.1) is 26.4 Å². The Morgan fingerprint density at radius 1 is 0.327 bits per heavy atom. The predicted molar refractivity (Wildman–Crippen MR) is 211 cm³/mol. The summed E-state index contributed by atoms with van der Waals surface area (Å²) < 4.78 is 75.2. The highest BCUT2D eigenvalue weighted by molar-refractivity contribution is 7.79. The highest BCUT2D eigenvalue weighted by Crippen LogP contribution is 2.80. The van der Waals surface area contributed by atoms with Crippen molar-refractivity contribution in [3.63, 3.8) is 0 Å². The fourth-order valence-electron chi connectivity index (χ4n) is 4.42. The predicted octanol–water partition coefficient (Wildman–Crippen LogP) is 13.8. The number of hydrogen-bond acceptors (Lipinski definition) is 12. The van der Waals surface area contributed by atoms with Gasteiger partial charge in [0.1, 0.15) is 23.0 Å². The van der Waals surface area contributed by atoms with E-state index in [0.29, 0.717) is 48.7 Å². The van der Waals surface area contributed by atoms with E-state index in [1.54, 1.807) is 0 Å². The SMILES string of the molecule is CCCOP1(Oc2ccccc2)=NP(OCCC)(Oc2ccccc2)=NP(OCCC)(Oc2ccccc2)=NP(OCCC)(Oc2ccccc2)=N1. The second-order valence-corrected chi connectivity index (χ2v) is 19.8. The van der Waals surface area contributed by atoms with Crippen LogP contribution < -0.4 is 18.1 Å². The van der Waals surface area contributed by atoms with Crippen molar-refractivity contribution in [1.82, 2.24) is 0 Å². The molecule has 0 aliphatic carbocycles. The quantitative estimate of drug-likeness (QED) is 0.0811. The van der Waals surface area contributed by atoms with Gasteiger partial charge in [0, 0.05) is 0 Å². The average molecular weight is 789 g/mol. The maximum absolute atomic E-state index is 6.80. The molecule has 0 saturated carbocycles. The first-order valence-electron chi connectivity index (χ1n) is 17.5. The van der Waals surface area contributed by atoms with Gasteiger partial charge in [0.15, 0.2) is 0 Å². The van der Waals surface area contributed by atoms with Crippen LogP contribution in [0.25, 0.3) is 0 Å². The molecule has 280 valence electrons. The summed E-state index contributed by atoms with van der Waals surface area (Å²) >= 11 is 0. The molecule has 0 aromatic heterocycles. The van der Waals surface area contributed by atoms with Crippen molar-refractivity contribution in [3.05, 3.63) is 121 Å². The Labute approximate surface area is 308 Å². The summed E-state index contributed by atoms with van der Waals surface area (Å²) in [5.41, 5.74) is 0. The molecule has 4 aromatic carbocycles. The first kappa shape index (κ1) is 40.0. The molecule has 1 aliphatic heterocycles. The zero-order valence-corrected chi connectivity index (χ0v) is 33.6. The molecule has 1 heterocycles. The molecule has 0 saturated heterocycles. The third-order valence-corrected chi connectivity index (χ3v) is 17.7. The molecule has 0 unspecified atom stereocenters. The number of para-hydroxylation sites is 4. The summed E-state index contributed by atoms with van der Waals surface area (Å²) in [6, 6.07) is 37.0. The minimum absolute atomic E-state index is 0.235. The molecule has 12 nitrogen and oxygen atoms in total. The zero-order valence-electron chi connectivity index (χ0n) is 30.0. The van der Waals surface area contributed by atoms with Gasteiger partial charge in [-0.05, 0) is 74.2 Å². The summed E-state index contributed by atoms with van der Waals surface area (Å²) in [7, 11) is -15.6. The molecule has 0 fully saturated rings. The molecule has 0 atom stereocenters. The Hall–Kier alpha value is -3.16. The van der Waals surface area contributed by atoms with E-state index >= 15 is 0 Å². The average Bonchev–Trinajstić information content (AvgIpc) is 3.16. The van der Waals surface area contributed by atoms with Crippen LogP contribution in [0.5, 0.6) is 23.0 Å². The maximum Gasteiger partial charge on any atom is 0.404 e. The van der Waals surface area contributed by atoms with Crippen molar-refractivity contribution in [2.45, 2.75) is 53.4 Å². The van der Waals surface area contributed by atoms with Crippen LogP contribution in [0.2, 0.25) is 0 Å². The van der Waals surface area contributed by atoms with Gasteiger partial charge < -0.3 is 18.1 Å². The highest BCUT2D eigenvalue weighted by Gasteiger charge is 2.46. The van der Waals surface area contributed by atoms with Crippen LogP contribution in [0, 0.1) is 0 Å². The molecule has 5 rings (SSSR count). The van der Waals surface area contributed by atoms with Crippen LogP contribution in [0.3, 0.4) is 0 Å². The zero-order chi connectivity index (χ0) is 36.6. The molecule has 52 heavy (non-hydrogen) atoms. The summed E-state index contributed by atoms with van der Waals surface area (Å²) in [6.07, 6.45) is 2.53. The van der Waals surface area contributed by atoms with Crippen molar-refractivity contribution in [3.8, 4) is 23.0 Å². The molecule has 0 radical (unpaired) electrons. The molecular weight excluding hydrogens is 740 g/mol. The largest absolute Gasteiger partial charge is 0.422 e. The van der Waals surface area contributed by atoms with Crippen molar-refractivity contribution in [2.24, 2.45) is 18.1 Å². The summed E-state index contributed by atoms with van der Waals surface area (Å²) in [6.45, 7) is 8.91. The molecule has 4 aromatic rings. The lowest BCUT2D eigenvalue weighted by molar-refractivity contribution is 0.283. The highest BCUT2D eigenvalue weighted by atomic mass is 31.3. The number of rotatable bonds is 20. The fraction of sp³-hybridized carbons (Fsp3) is 0.333. The Kier molecular flexibility index (Phi) is 15.2. The summed E-state index contributed by atoms with van der Waals surface area (Å²) in [5.74, 6) is 1.85. The van der Waals surface area contributed by atoms with E-state index in [-0.39, 0.29) is 26.4 Å². The summed E-state index contributed by atoms with van der Waals surface area (Å²) in [4.78, 5) is 0. The third-order valence-electron chi connectivity index (χ3n) is 6.63. The van der Waals surface area contributed by atoms with E-state index < -0.39 is 30.6 Å². The molecular formula is C36H48N4O8P4. The molecule has 16 heteroatoms. The Balaban J connectivity index is 1.96. The first-order valence-corrected chi connectivity index (χ1v) is 23.6. The smallest absolute Gasteiger partial charge is 0.404 e. The maximum atomic E-state index is 6.80. The molecule has 0 N–H and O–H groups in total. The first-order chi connectivity index (χ1) is 25.4. The lowest BCUT2D eigenvalue weighted by atomic mass is 10.3. The Bertz CT molecular complexity index is 1600. The van der Waals surface area contributed by atoms with Crippen molar-refractivity contribution >= 4 is 30.6 Å². The number of nitrogens with zero attached hydrogens (tertiary/aromatic N) is 4. The number of benzene rings is 4. The van der Waals surface area contributed by atoms with E-state index in [1.807, 2.05) is 149 Å². The van der Waals surface area contributed by atoms with E-state index in [1.165, 1.54) is 0 Å². The van der Waals surface area contributed by atoms with Crippen LogP contribution in [-0.2, 0) is 18.1 Å². The van der Waals surface area contributed by atoms with Crippen LogP contribution in [0.15, 0.2) is 139 Å². The van der Waals surface area contributed by atoms with Crippen molar-refractivity contribution in [1.29, 1.82) is 0 Å². The third kappa shape index (κ3) is 11.4. The van der Waals surface area contributed by atoms with Crippen LogP contribution in [0.1, 0.15) is 53.4 Å². The van der Waals surface area contributed by atoms with Gasteiger partial charge >= 0.3 is 30.6 Å². The second-order valence-electron chi connectivity index (χ2n) is 11.3. The minimum Gasteiger partial charge on any atom is -0.422 e. The van der Waals surface area contributed by atoms with Gasteiger partial charge in [0.25, 0.3) is 0 Å². The van der Waals surface area contributed by atoms with E-state index in [9.17, 15) is 0 Å². The van der Waals surface area contributed by atoms with E-state index in [2.05, 4.69) is 0 Å². The van der Waals surface area contributed by atoms with Crippen LogP contribution in [-0.4, -0.2) is 26.4 Å². The monoisotopic (exact) mass is 788 g/mol. The summed E-state index contributed by atoms with van der Waals surface area (Å²) in [5, 5.41) is 0. The fourth-order valence-corrected chi connectivity index (χ4v) is 17.1. The van der Waals surface area contributed by atoms with Crippen LogP contribution in [0.4, 0.5) is 0 Å². The van der Waals surface area contributed by atoms with Gasteiger partial charge in [-0.2, -0.15) is 0 Å². The lowest BCUT2D eigenvalue weighted by Crippen LogP contribution is -2.09. The molecule has 0 spiro atoms. The molecule has 0 amide bonds. The Morgan fingerprint density at radius 2 is 0.519 bits per heavy atom.